The van der Waals surface area contributed by atoms with Crippen LogP contribution >= 0.6 is 0 Å². The van der Waals surface area contributed by atoms with Gasteiger partial charge in [-0.05, 0) is 42.2 Å². The Bertz CT molecular complexity index is 840. The summed E-state index contributed by atoms with van der Waals surface area (Å²) in [7, 11) is 0. The fourth-order valence-electron chi connectivity index (χ4n) is 4.23. The first kappa shape index (κ1) is 19.9. The Morgan fingerprint density at radius 3 is 2.48 bits per heavy atom. The Labute approximate surface area is 173 Å². The van der Waals surface area contributed by atoms with Crippen LogP contribution in [0.15, 0.2) is 42.5 Å². The first-order valence-electron chi connectivity index (χ1n) is 10.5. The summed E-state index contributed by atoms with van der Waals surface area (Å²) >= 11 is 0. The summed E-state index contributed by atoms with van der Waals surface area (Å²) in [5.74, 6) is 1.000. The molecule has 1 fully saturated rings. The second-order valence-electron chi connectivity index (χ2n) is 8.26. The maximum Gasteiger partial charge on any atom is 0.224 e. The van der Waals surface area contributed by atoms with E-state index in [9.17, 15) is 4.79 Å². The third kappa shape index (κ3) is 5.37. The normalized spacial score (nSPS) is 21.4. The van der Waals surface area contributed by atoms with Gasteiger partial charge in [0.05, 0.1) is 25.2 Å². The molecule has 1 amide bonds. The van der Waals surface area contributed by atoms with Crippen LogP contribution in [0.1, 0.15) is 36.1 Å². The van der Waals surface area contributed by atoms with E-state index in [0.717, 1.165) is 49.5 Å². The zero-order valence-electron chi connectivity index (χ0n) is 17.3. The molecule has 2 unspecified atom stereocenters. The molecule has 0 aliphatic carbocycles. The van der Waals surface area contributed by atoms with Gasteiger partial charge in [0, 0.05) is 32.6 Å². The molecule has 0 radical (unpaired) electrons. The largest absolute Gasteiger partial charge is 0.493 e. The Balaban J connectivity index is 1.25. The summed E-state index contributed by atoms with van der Waals surface area (Å²) < 4.78 is 11.3. The van der Waals surface area contributed by atoms with E-state index in [1.54, 1.807) is 0 Å². The van der Waals surface area contributed by atoms with E-state index in [-0.39, 0.29) is 18.1 Å². The quantitative estimate of drug-likeness (QED) is 0.818. The number of ether oxygens (including phenoxy) is 2. The average molecular weight is 395 g/mol. The molecular formula is C24H30N2O3. The number of carbonyl (C=O) groups is 1. The van der Waals surface area contributed by atoms with Gasteiger partial charge < -0.3 is 14.8 Å². The molecule has 0 spiro atoms. The molecule has 4 rings (SSSR count). The van der Waals surface area contributed by atoms with Crippen molar-refractivity contribution in [3.63, 3.8) is 0 Å². The molecule has 1 saturated heterocycles. The maximum atomic E-state index is 12.3. The summed E-state index contributed by atoms with van der Waals surface area (Å²) in [5.41, 5.74) is 4.65. The molecule has 2 aromatic rings. The van der Waals surface area contributed by atoms with Crippen LogP contribution in [0.2, 0.25) is 0 Å². The van der Waals surface area contributed by atoms with Gasteiger partial charge >= 0.3 is 0 Å². The third-order valence-corrected chi connectivity index (χ3v) is 5.53. The second kappa shape index (κ2) is 8.97. The van der Waals surface area contributed by atoms with Crippen LogP contribution < -0.4 is 10.1 Å². The first-order chi connectivity index (χ1) is 14.0. The van der Waals surface area contributed by atoms with Gasteiger partial charge in [0.15, 0.2) is 0 Å². The number of nitrogens with one attached hydrogen (secondary N) is 1. The van der Waals surface area contributed by atoms with Gasteiger partial charge in [0.1, 0.15) is 5.75 Å². The minimum Gasteiger partial charge on any atom is -0.493 e. The molecule has 154 valence electrons. The van der Waals surface area contributed by atoms with Gasteiger partial charge in [-0.1, -0.05) is 36.4 Å². The lowest BCUT2D eigenvalue weighted by Gasteiger charge is -2.35. The van der Waals surface area contributed by atoms with E-state index in [0.29, 0.717) is 13.0 Å². The van der Waals surface area contributed by atoms with Crippen molar-refractivity contribution in [3.8, 4) is 5.75 Å². The molecule has 2 aliphatic heterocycles. The van der Waals surface area contributed by atoms with Gasteiger partial charge in [0.25, 0.3) is 0 Å². The summed E-state index contributed by atoms with van der Waals surface area (Å²) in [6, 6.07) is 14.6. The van der Waals surface area contributed by atoms with Crippen LogP contribution in [0.25, 0.3) is 0 Å². The van der Waals surface area contributed by atoms with Crippen LogP contribution in [0.4, 0.5) is 0 Å². The Kier molecular flexibility index (Phi) is 6.16. The topological polar surface area (TPSA) is 50.8 Å². The van der Waals surface area contributed by atoms with Crippen molar-refractivity contribution < 1.29 is 14.3 Å². The van der Waals surface area contributed by atoms with Gasteiger partial charge in [-0.25, -0.2) is 0 Å². The molecule has 1 N–H and O–H groups in total. The zero-order chi connectivity index (χ0) is 20.2. The maximum absolute atomic E-state index is 12.3. The molecular weight excluding hydrogens is 364 g/mol. The first-order valence-corrected chi connectivity index (χ1v) is 10.5. The van der Waals surface area contributed by atoms with Crippen molar-refractivity contribution in [2.24, 2.45) is 0 Å². The fourth-order valence-corrected chi connectivity index (χ4v) is 4.23. The molecule has 0 aromatic heterocycles. The highest BCUT2D eigenvalue weighted by Gasteiger charge is 2.22. The Hall–Kier alpha value is -2.37. The van der Waals surface area contributed by atoms with E-state index in [4.69, 9.17) is 9.47 Å². The summed E-state index contributed by atoms with van der Waals surface area (Å²) in [6.07, 6.45) is 1.90. The van der Waals surface area contributed by atoms with Crippen molar-refractivity contribution in [3.05, 3.63) is 64.7 Å². The second-order valence-corrected chi connectivity index (χ2v) is 8.26. The monoisotopic (exact) mass is 394 g/mol. The van der Waals surface area contributed by atoms with Crippen LogP contribution in [0.5, 0.6) is 5.75 Å². The number of amides is 1. The van der Waals surface area contributed by atoms with Crippen molar-refractivity contribution >= 4 is 5.91 Å². The van der Waals surface area contributed by atoms with Crippen LogP contribution in [0.3, 0.4) is 0 Å². The standard InChI is InChI=1S/C24H30N2O3/c1-17-14-26(15-18(2)29-17)16-20-5-3-19(4-6-20)13-25-24(27)12-21-7-8-23-22(11-21)9-10-28-23/h3-8,11,17-18H,9-10,12-16H2,1-2H3,(H,25,27). The lowest BCUT2D eigenvalue weighted by molar-refractivity contribution is -0.120. The highest BCUT2D eigenvalue weighted by molar-refractivity contribution is 5.78. The lowest BCUT2D eigenvalue weighted by atomic mass is 10.1. The molecule has 29 heavy (non-hydrogen) atoms. The number of benzene rings is 2. The predicted octanol–water partition coefficient (Wildman–Crippen LogP) is 3.09. The summed E-state index contributed by atoms with van der Waals surface area (Å²) in [4.78, 5) is 14.8. The van der Waals surface area contributed by atoms with Crippen LogP contribution in [-0.2, 0) is 35.5 Å². The molecule has 2 atom stereocenters. The molecule has 0 saturated carbocycles. The molecule has 2 aromatic carbocycles. The smallest absolute Gasteiger partial charge is 0.224 e. The van der Waals surface area contributed by atoms with Gasteiger partial charge in [0.2, 0.25) is 5.91 Å². The molecule has 0 bridgehead atoms. The number of carbonyl (C=O) groups excluding carboxylic acids is 1. The highest BCUT2D eigenvalue weighted by Crippen LogP contribution is 2.26. The Morgan fingerprint density at radius 2 is 1.72 bits per heavy atom. The summed E-state index contributed by atoms with van der Waals surface area (Å²) in [5, 5.41) is 3.03. The van der Waals surface area contributed by atoms with Crippen molar-refractivity contribution in [1.82, 2.24) is 10.2 Å². The fraction of sp³-hybridized carbons (Fsp3) is 0.458. The van der Waals surface area contributed by atoms with Gasteiger partial charge in [-0.3, -0.25) is 9.69 Å². The number of morpholine rings is 1. The van der Waals surface area contributed by atoms with Gasteiger partial charge in [-0.15, -0.1) is 0 Å². The Morgan fingerprint density at radius 1 is 1.03 bits per heavy atom. The van der Waals surface area contributed by atoms with Crippen molar-refractivity contribution in [2.75, 3.05) is 19.7 Å². The van der Waals surface area contributed by atoms with E-state index >= 15 is 0 Å². The minimum atomic E-state index is 0.0456. The van der Waals surface area contributed by atoms with E-state index in [1.165, 1.54) is 11.1 Å². The van der Waals surface area contributed by atoms with E-state index < -0.39 is 0 Å². The number of hydrogen-bond acceptors (Lipinski definition) is 4. The predicted molar refractivity (Wildman–Crippen MR) is 113 cm³/mol. The number of nitrogens with zero attached hydrogens (tertiary/aromatic N) is 1. The van der Waals surface area contributed by atoms with Gasteiger partial charge in [-0.2, -0.15) is 0 Å². The van der Waals surface area contributed by atoms with Crippen LogP contribution in [-0.4, -0.2) is 42.7 Å². The van der Waals surface area contributed by atoms with Crippen molar-refractivity contribution in [1.29, 1.82) is 0 Å². The SMILES string of the molecule is CC1CN(Cc2ccc(CNC(=O)Cc3ccc4c(c3)CCO4)cc2)CC(C)O1. The van der Waals surface area contributed by atoms with Crippen molar-refractivity contribution in [2.45, 2.75) is 52.0 Å². The molecule has 2 heterocycles. The highest BCUT2D eigenvalue weighted by atomic mass is 16.5. The van der Waals surface area contributed by atoms with E-state index in [1.807, 2.05) is 12.1 Å². The zero-order valence-corrected chi connectivity index (χ0v) is 17.3. The number of fused-ring (bicyclic) bond motifs is 1. The molecule has 5 nitrogen and oxygen atoms in total. The average Bonchev–Trinajstić information content (AvgIpc) is 3.14. The number of rotatable bonds is 6. The third-order valence-electron chi connectivity index (χ3n) is 5.53. The molecule has 2 aliphatic rings. The summed E-state index contributed by atoms with van der Waals surface area (Å²) in [6.45, 7) is 8.43. The van der Waals surface area contributed by atoms with Crippen LogP contribution in [0, 0.1) is 0 Å². The molecule has 5 heteroatoms. The number of hydrogen-bond donors (Lipinski definition) is 1. The minimum absolute atomic E-state index is 0.0456. The van der Waals surface area contributed by atoms with E-state index in [2.05, 4.69) is 54.4 Å². The lowest BCUT2D eigenvalue weighted by Crippen LogP contribution is -2.44.